The Morgan fingerprint density at radius 3 is 2.08 bits per heavy atom. The summed E-state index contributed by atoms with van der Waals surface area (Å²) in [6.07, 6.45) is 0.931. The minimum atomic E-state index is -0.588. The molecule has 0 aliphatic heterocycles. The molecule has 0 aromatic heterocycles. The van der Waals surface area contributed by atoms with E-state index in [-0.39, 0.29) is 5.82 Å². The highest BCUT2D eigenvalue weighted by Gasteiger charge is 2.05. The molecular weight excluding hydrogens is 315 g/mol. The van der Waals surface area contributed by atoms with Crippen molar-refractivity contribution < 1.29 is 13.2 Å². The van der Waals surface area contributed by atoms with Gasteiger partial charge in [-0.25, -0.2) is 13.2 Å². The third-order valence-electron chi connectivity index (χ3n) is 3.57. The third kappa shape index (κ3) is 5.30. The molecule has 0 spiro atoms. The molecule has 0 fully saturated rings. The molecule has 0 amide bonds. The van der Waals surface area contributed by atoms with E-state index in [1.807, 2.05) is 0 Å². The van der Waals surface area contributed by atoms with Crippen molar-refractivity contribution in [3.63, 3.8) is 0 Å². The van der Waals surface area contributed by atoms with E-state index in [0.29, 0.717) is 43.0 Å². The first-order chi connectivity index (χ1) is 11.6. The third-order valence-corrected chi connectivity index (χ3v) is 3.57. The normalized spacial score (nSPS) is 11.4. The van der Waals surface area contributed by atoms with Crippen LogP contribution in [0, 0.1) is 17.5 Å². The van der Waals surface area contributed by atoms with E-state index in [4.69, 9.17) is 0 Å². The summed E-state index contributed by atoms with van der Waals surface area (Å²) in [6, 6.07) is 10.2. The molecule has 0 radical (unpaired) electrons. The lowest BCUT2D eigenvalue weighted by molar-refractivity contribution is 0.570. The van der Waals surface area contributed by atoms with Crippen molar-refractivity contribution in [1.82, 2.24) is 10.6 Å². The van der Waals surface area contributed by atoms with Gasteiger partial charge in [-0.1, -0.05) is 24.3 Å². The number of nitrogens with zero attached hydrogens (tertiary/aromatic N) is 1. The Bertz CT molecular complexity index is 702. The molecule has 2 aromatic rings. The number of nitrogens with one attached hydrogen (secondary N) is 2. The van der Waals surface area contributed by atoms with Crippen LogP contribution in [0.5, 0.6) is 0 Å². The Morgan fingerprint density at radius 1 is 0.875 bits per heavy atom. The van der Waals surface area contributed by atoms with Crippen LogP contribution in [0.2, 0.25) is 0 Å². The van der Waals surface area contributed by atoms with Gasteiger partial charge >= 0.3 is 0 Å². The molecule has 0 aliphatic carbocycles. The molecule has 0 saturated heterocycles. The van der Waals surface area contributed by atoms with Crippen LogP contribution in [-0.2, 0) is 12.8 Å². The molecular formula is C18H20F3N3. The lowest BCUT2D eigenvalue weighted by Crippen LogP contribution is -2.39. The Labute approximate surface area is 139 Å². The number of halogens is 3. The Kier molecular flexibility index (Phi) is 6.66. The van der Waals surface area contributed by atoms with E-state index < -0.39 is 11.6 Å². The van der Waals surface area contributed by atoms with Gasteiger partial charge in [0, 0.05) is 26.2 Å². The minimum absolute atomic E-state index is 0.228. The van der Waals surface area contributed by atoms with Crippen LogP contribution < -0.4 is 10.6 Å². The van der Waals surface area contributed by atoms with Gasteiger partial charge in [-0.2, -0.15) is 0 Å². The smallest absolute Gasteiger partial charge is 0.190 e. The lowest BCUT2D eigenvalue weighted by atomic mass is 10.1. The summed E-state index contributed by atoms with van der Waals surface area (Å²) in [7, 11) is 1.62. The molecule has 3 nitrogen and oxygen atoms in total. The van der Waals surface area contributed by atoms with E-state index in [0.717, 1.165) is 6.07 Å². The van der Waals surface area contributed by atoms with Crippen LogP contribution >= 0.6 is 0 Å². The summed E-state index contributed by atoms with van der Waals surface area (Å²) in [4.78, 5) is 4.06. The number of benzene rings is 2. The van der Waals surface area contributed by atoms with Crippen molar-refractivity contribution in [2.45, 2.75) is 12.8 Å². The maximum absolute atomic E-state index is 13.5. The molecule has 2 N–H and O–H groups in total. The summed E-state index contributed by atoms with van der Waals surface area (Å²) < 4.78 is 39.9. The quantitative estimate of drug-likeness (QED) is 0.629. The van der Waals surface area contributed by atoms with Crippen LogP contribution in [-0.4, -0.2) is 26.1 Å². The SMILES string of the molecule is CN=C(NCCc1ccccc1F)NCCc1ccc(F)cc1F. The molecule has 0 unspecified atom stereocenters. The van der Waals surface area contributed by atoms with Crippen molar-refractivity contribution in [2.75, 3.05) is 20.1 Å². The van der Waals surface area contributed by atoms with Gasteiger partial charge in [0.25, 0.3) is 0 Å². The average molecular weight is 335 g/mol. The molecule has 0 bridgehead atoms. The van der Waals surface area contributed by atoms with Gasteiger partial charge < -0.3 is 10.6 Å². The number of rotatable bonds is 6. The molecule has 0 atom stereocenters. The van der Waals surface area contributed by atoms with Crippen molar-refractivity contribution in [3.8, 4) is 0 Å². The zero-order chi connectivity index (χ0) is 17.4. The molecule has 2 rings (SSSR count). The fourth-order valence-electron chi connectivity index (χ4n) is 2.28. The van der Waals surface area contributed by atoms with Crippen LogP contribution in [0.25, 0.3) is 0 Å². The van der Waals surface area contributed by atoms with Gasteiger partial charge in [0.15, 0.2) is 5.96 Å². The van der Waals surface area contributed by atoms with Crippen LogP contribution in [0.3, 0.4) is 0 Å². The fraction of sp³-hybridized carbons (Fsp3) is 0.278. The van der Waals surface area contributed by atoms with Crippen molar-refractivity contribution in [1.29, 1.82) is 0 Å². The first kappa shape index (κ1) is 17.8. The Balaban J connectivity index is 1.75. The molecule has 128 valence electrons. The number of hydrogen-bond donors (Lipinski definition) is 2. The van der Waals surface area contributed by atoms with E-state index in [9.17, 15) is 13.2 Å². The predicted molar refractivity (Wildman–Crippen MR) is 89.5 cm³/mol. The second-order valence-electron chi connectivity index (χ2n) is 5.25. The number of hydrogen-bond acceptors (Lipinski definition) is 1. The monoisotopic (exact) mass is 335 g/mol. The van der Waals surface area contributed by atoms with E-state index >= 15 is 0 Å². The Morgan fingerprint density at radius 2 is 1.50 bits per heavy atom. The summed E-state index contributed by atoms with van der Waals surface area (Å²) in [6.45, 7) is 0.966. The summed E-state index contributed by atoms with van der Waals surface area (Å²) in [5.41, 5.74) is 1.07. The van der Waals surface area contributed by atoms with Crippen LogP contribution in [0.4, 0.5) is 13.2 Å². The average Bonchev–Trinajstić information content (AvgIpc) is 2.57. The first-order valence-electron chi connectivity index (χ1n) is 7.72. The largest absolute Gasteiger partial charge is 0.356 e. The van der Waals surface area contributed by atoms with Crippen molar-refractivity contribution in [2.24, 2.45) is 4.99 Å². The van der Waals surface area contributed by atoms with E-state index in [1.54, 1.807) is 25.2 Å². The van der Waals surface area contributed by atoms with Crippen molar-refractivity contribution >= 4 is 5.96 Å². The number of guanidine groups is 1. The topological polar surface area (TPSA) is 36.4 Å². The molecule has 24 heavy (non-hydrogen) atoms. The van der Waals surface area contributed by atoms with Gasteiger partial charge in [0.1, 0.15) is 17.5 Å². The summed E-state index contributed by atoms with van der Waals surface area (Å²) in [5.74, 6) is -0.822. The van der Waals surface area contributed by atoms with Gasteiger partial charge in [-0.15, -0.1) is 0 Å². The van der Waals surface area contributed by atoms with Gasteiger partial charge in [0.05, 0.1) is 0 Å². The standard InChI is InChI=1S/C18H20F3N3/c1-22-18(23-10-8-13-4-2-3-5-16(13)20)24-11-9-14-6-7-15(19)12-17(14)21/h2-7,12H,8-11H2,1H3,(H2,22,23,24). The fourth-order valence-corrected chi connectivity index (χ4v) is 2.28. The zero-order valence-electron chi connectivity index (χ0n) is 13.5. The maximum atomic E-state index is 13.5. The minimum Gasteiger partial charge on any atom is -0.356 e. The van der Waals surface area contributed by atoms with Crippen LogP contribution in [0.15, 0.2) is 47.5 Å². The second-order valence-corrected chi connectivity index (χ2v) is 5.25. The van der Waals surface area contributed by atoms with Gasteiger partial charge in [0.2, 0.25) is 0 Å². The maximum Gasteiger partial charge on any atom is 0.190 e. The first-order valence-corrected chi connectivity index (χ1v) is 7.72. The van der Waals surface area contributed by atoms with E-state index in [2.05, 4.69) is 15.6 Å². The van der Waals surface area contributed by atoms with Gasteiger partial charge in [-0.3, -0.25) is 4.99 Å². The number of aliphatic imine (C=N–C) groups is 1. The van der Waals surface area contributed by atoms with E-state index in [1.165, 1.54) is 18.2 Å². The lowest BCUT2D eigenvalue weighted by Gasteiger charge is -2.12. The zero-order valence-corrected chi connectivity index (χ0v) is 13.5. The summed E-state index contributed by atoms with van der Waals surface area (Å²) >= 11 is 0. The highest BCUT2D eigenvalue weighted by atomic mass is 19.1. The second kappa shape index (κ2) is 8.96. The molecule has 0 aliphatic rings. The molecule has 0 heterocycles. The molecule has 6 heteroatoms. The molecule has 2 aromatic carbocycles. The predicted octanol–water partition coefficient (Wildman–Crippen LogP) is 3.05. The van der Waals surface area contributed by atoms with Gasteiger partial charge in [-0.05, 0) is 36.1 Å². The molecule has 0 saturated carbocycles. The highest BCUT2D eigenvalue weighted by Crippen LogP contribution is 2.09. The Hall–Kier alpha value is -2.50. The van der Waals surface area contributed by atoms with Crippen molar-refractivity contribution in [3.05, 3.63) is 71.0 Å². The summed E-state index contributed by atoms with van der Waals surface area (Å²) in [5, 5.41) is 6.12. The van der Waals surface area contributed by atoms with Crippen LogP contribution in [0.1, 0.15) is 11.1 Å². The highest BCUT2D eigenvalue weighted by molar-refractivity contribution is 5.79.